The molecule has 1 aromatic carbocycles. The maximum atomic E-state index is 12.0. The first-order chi connectivity index (χ1) is 10.2. The molecule has 0 bridgehead atoms. The summed E-state index contributed by atoms with van der Waals surface area (Å²) in [5.74, 6) is -2.19. The third-order valence-electron chi connectivity index (χ3n) is 3.71. The Hall–Kier alpha value is -2.36. The van der Waals surface area contributed by atoms with Gasteiger partial charge in [0.15, 0.2) is 0 Å². The molecule has 2 aliphatic rings. The van der Waals surface area contributed by atoms with E-state index in [1.54, 1.807) is 6.08 Å². The van der Waals surface area contributed by atoms with E-state index in [9.17, 15) is 9.59 Å². The van der Waals surface area contributed by atoms with E-state index in [1.165, 1.54) is 6.08 Å². The summed E-state index contributed by atoms with van der Waals surface area (Å²) < 4.78 is 10.7. The molecule has 108 valence electrons. The second-order valence-corrected chi connectivity index (χ2v) is 5.25. The van der Waals surface area contributed by atoms with Crippen molar-refractivity contribution >= 4 is 18.0 Å². The number of rotatable bonds is 2. The van der Waals surface area contributed by atoms with Crippen molar-refractivity contribution in [2.75, 3.05) is 0 Å². The molecule has 1 heterocycles. The number of allylic oxidation sites excluding steroid dienone is 2. The first kappa shape index (κ1) is 13.6. The van der Waals surface area contributed by atoms with E-state index < -0.39 is 17.7 Å². The second kappa shape index (κ2) is 5.56. The third kappa shape index (κ3) is 2.89. The van der Waals surface area contributed by atoms with E-state index in [0.717, 1.165) is 18.4 Å². The minimum Gasteiger partial charge on any atom is -0.419 e. The molecule has 0 radical (unpaired) electrons. The summed E-state index contributed by atoms with van der Waals surface area (Å²) in [7, 11) is 0. The van der Waals surface area contributed by atoms with Crippen LogP contribution in [0.3, 0.4) is 0 Å². The van der Waals surface area contributed by atoms with Crippen LogP contribution in [-0.2, 0) is 19.1 Å². The van der Waals surface area contributed by atoms with Crippen LogP contribution in [0, 0.1) is 0 Å². The van der Waals surface area contributed by atoms with Crippen molar-refractivity contribution in [2.45, 2.75) is 31.5 Å². The first-order valence-electron chi connectivity index (χ1n) is 7.09. The van der Waals surface area contributed by atoms with Crippen molar-refractivity contribution in [3.8, 4) is 0 Å². The van der Waals surface area contributed by atoms with Gasteiger partial charge >= 0.3 is 11.9 Å². The lowest BCUT2D eigenvalue weighted by molar-refractivity contribution is -0.232. The van der Waals surface area contributed by atoms with Gasteiger partial charge in [0.25, 0.3) is 5.79 Å². The largest absolute Gasteiger partial charge is 0.419 e. The third-order valence-corrected chi connectivity index (χ3v) is 3.71. The smallest absolute Gasteiger partial charge is 0.348 e. The molecule has 1 aromatic rings. The highest BCUT2D eigenvalue weighted by atomic mass is 16.7. The highest BCUT2D eigenvalue weighted by Gasteiger charge is 2.47. The molecule has 1 saturated heterocycles. The summed E-state index contributed by atoms with van der Waals surface area (Å²) in [5.41, 5.74) is 0.930. The summed E-state index contributed by atoms with van der Waals surface area (Å²) >= 11 is 0. The fraction of sp³-hybridized carbons (Fsp3) is 0.294. The van der Waals surface area contributed by atoms with Gasteiger partial charge in [-0.1, -0.05) is 42.5 Å². The number of esters is 2. The quantitative estimate of drug-likeness (QED) is 0.476. The Labute approximate surface area is 123 Å². The Bertz CT molecular complexity index is 585. The molecule has 0 amide bonds. The molecule has 0 aromatic heterocycles. The number of hydrogen-bond donors (Lipinski definition) is 0. The Balaban J connectivity index is 1.74. The molecule has 0 atom stereocenters. The summed E-state index contributed by atoms with van der Waals surface area (Å²) in [6.07, 6.45) is 7.92. The molecule has 3 rings (SSSR count). The predicted octanol–water partition coefficient (Wildman–Crippen LogP) is 3.00. The van der Waals surface area contributed by atoms with Crippen LogP contribution >= 0.6 is 0 Å². The zero-order valence-electron chi connectivity index (χ0n) is 11.6. The average Bonchev–Trinajstić information content (AvgIpc) is 2.91. The number of carbonyl (C=O) groups excluding carboxylic acids is 2. The second-order valence-electron chi connectivity index (χ2n) is 5.25. The van der Waals surface area contributed by atoms with Gasteiger partial charge in [0.05, 0.1) is 0 Å². The zero-order valence-corrected chi connectivity index (χ0v) is 11.6. The number of hydrogen-bond acceptors (Lipinski definition) is 4. The van der Waals surface area contributed by atoms with Crippen molar-refractivity contribution in [3.05, 3.63) is 53.6 Å². The molecule has 4 nitrogen and oxygen atoms in total. The lowest BCUT2D eigenvalue weighted by Crippen LogP contribution is -2.44. The standard InChI is InChI=1S/C17H16O4/c18-15-14(10-6-9-13-7-2-1-3-8-13)16(19)21-17(20-15)11-4-5-12-17/h1-3,6-10H,4-5,11-12H2/b9-6+. The Morgan fingerprint density at radius 2 is 1.57 bits per heavy atom. The highest BCUT2D eigenvalue weighted by Crippen LogP contribution is 2.38. The van der Waals surface area contributed by atoms with E-state index in [4.69, 9.17) is 9.47 Å². The van der Waals surface area contributed by atoms with Gasteiger partial charge in [-0.2, -0.15) is 0 Å². The van der Waals surface area contributed by atoms with Crippen molar-refractivity contribution < 1.29 is 19.1 Å². The van der Waals surface area contributed by atoms with E-state index in [1.807, 2.05) is 36.4 Å². The van der Waals surface area contributed by atoms with Crippen LogP contribution in [0.1, 0.15) is 31.2 Å². The molecular formula is C17H16O4. The summed E-state index contributed by atoms with van der Waals surface area (Å²) in [6.45, 7) is 0. The Kier molecular flexibility index (Phi) is 3.60. The maximum absolute atomic E-state index is 12.0. The normalized spacial score (nSPS) is 20.7. The van der Waals surface area contributed by atoms with Crippen molar-refractivity contribution in [2.24, 2.45) is 0 Å². The molecule has 1 saturated carbocycles. The highest BCUT2D eigenvalue weighted by molar-refractivity contribution is 6.15. The molecular weight excluding hydrogens is 268 g/mol. The lowest BCUT2D eigenvalue weighted by atomic mass is 10.1. The van der Waals surface area contributed by atoms with Gasteiger partial charge in [0.2, 0.25) is 0 Å². The Morgan fingerprint density at radius 1 is 0.952 bits per heavy atom. The molecule has 21 heavy (non-hydrogen) atoms. The first-order valence-corrected chi connectivity index (χ1v) is 7.09. The van der Waals surface area contributed by atoms with Gasteiger partial charge in [0.1, 0.15) is 5.57 Å². The van der Waals surface area contributed by atoms with Crippen LogP contribution in [0.2, 0.25) is 0 Å². The summed E-state index contributed by atoms with van der Waals surface area (Å²) in [5, 5.41) is 0. The van der Waals surface area contributed by atoms with Crippen LogP contribution < -0.4 is 0 Å². The SMILES string of the molecule is O=C1OC2(CCCC2)OC(=O)C1=C/C=C/c1ccccc1. The molecule has 1 spiro atoms. The number of ether oxygens (including phenoxy) is 2. The molecule has 1 aliphatic heterocycles. The van der Waals surface area contributed by atoms with Crippen LogP contribution in [0.25, 0.3) is 6.08 Å². The topological polar surface area (TPSA) is 52.6 Å². The van der Waals surface area contributed by atoms with Crippen LogP contribution in [0.5, 0.6) is 0 Å². The van der Waals surface area contributed by atoms with Gasteiger partial charge in [-0.3, -0.25) is 0 Å². The predicted molar refractivity (Wildman–Crippen MR) is 76.9 cm³/mol. The van der Waals surface area contributed by atoms with Gasteiger partial charge in [0, 0.05) is 12.8 Å². The fourth-order valence-electron chi connectivity index (χ4n) is 2.63. The van der Waals surface area contributed by atoms with E-state index in [0.29, 0.717) is 12.8 Å². The summed E-state index contributed by atoms with van der Waals surface area (Å²) in [4.78, 5) is 24.0. The maximum Gasteiger partial charge on any atom is 0.348 e. The van der Waals surface area contributed by atoms with Crippen LogP contribution in [0.15, 0.2) is 48.1 Å². The minimum absolute atomic E-state index is 0.0558. The molecule has 0 unspecified atom stereocenters. The van der Waals surface area contributed by atoms with Gasteiger partial charge < -0.3 is 9.47 Å². The summed E-state index contributed by atoms with van der Waals surface area (Å²) in [6, 6.07) is 9.62. The Morgan fingerprint density at radius 3 is 2.19 bits per heavy atom. The fourth-order valence-corrected chi connectivity index (χ4v) is 2.63. The van der Waals surface area contributed by atoms with Gasteiger partial charge in [-0.25, -0.2) is 9.59 Å². The van der Waals surface area contributed by atoms with Gasteiger partial charge in [-0.05, 0) is 24.5 Å². The van der Waals surface area contributed by atoms with E-state index in [-0.39, 0.29) is 5.57 Å². The number of carbonyl (C=O) groups is 2. The monoisotopic (exact) mass is 284 g/mol. The zero-order chi connectivity index (χ0) is 14.7. The molecule has 0 N–H and O–H groups in total. The van der Waals surface area contributed by atoms with Crippen molar-refractivity contribution in [1.29, 1.82) is 0 Å². The molecule has 2 fully saturated rings. The molecule has 1 aliphatic carbocycles. The van der Waals surface area contributed by atoms with Crippen LogP contribution in [0.4, 0.5) is 0 Å². The lowest BCUT2D eigenvalue weighted by Gasteiger charge is -2.32. The van der Waals surface area contributed by atoms with Gasteiger partial charge in [-0.15, -0.1) is 0 Å². The van der Waals surface area contributed by atoms with Crippen molar-refractivity contribution in [3.63, 3.8) is 0 Å². The van der Waals surface area contributed by atoms with Crippen molar-refractivity contribution in [1.82, 2.24) is 0 Å². The molecule has 4 heteroatoms. The number of benzene rings is 1. The van der Waals surface area contributed by atoms with E-state index in [2.05, 4.69) is 0 Å². The minimum atomic E-state index is -1.01. The van der Waals surface area contributed by atoms with Crippen LogP contribution in [-0.4, -0.2) is 17.7 Å². The van der Waals surface area contributed by atoms with E-state index >= 15 is 0 Å². The average molecular weight is 284 g/mol.